The topological polar surface area (TPSA) is 89.5 Å². The number of sulfonamides is 1. The largest absolute Gasteiger partial charge is 0.381 e. The molecule has 6 nitrogen and oxygen atoms in total. The second-order valence-electron chi connectivity index (χ2n) is 4.87. The van der Waals surface area contributed by atoms with E-state index in [0.717, 1.165) is 19.3 Å². The first-order chi connectivity index (χ1) is 9.03. The Bertz CT molecular complexity index is 703. The lowest BCUT2D eigenvalue weighted by Crippen LogP contribution is -2.28. The minimum absolute atomic E-state index is 0.0496. The van der Waals surface area contributed by atoms with Crippen molar-refractivity contribution in [3.05, 3.63) is 11.6 Å². The number of aromatic nitrogens is 2. The Hall–Kier alpha value is -1.12. The predicted molar refractivity (Wildman–Crippen MR) is 74.6 cm³/mol. The van der Waals surface area contributed by atoms with Gasteiger partial charge in [0.05, 0.1) is 0 Å². The smallest absolute Gasteiger partial charge is 0.260 e. The molecule has 1 fully saturated rings. The first kappa shape index (κ1) is 12.9. The second kappa shape index (κ2) is 4.46. The number of nitrogen functional groups attached to an aromatic ring is 1. The average Bonchev–Trinajstić information content (AvgIpc) is 2.73. The highest BCUT2D eigenvalue weighted by Crippen LogP contribution is 2.36. The molecule has 2 aromatic rings. The van der Waals surface area contributed by atoms with E-state index in [1.807, 2.05) is 0 Å². The molecule has 2 atom stereocenters. The highest BCUT2D eigenvalue weighted by Gasteiger charge is 2.40. The zero-order chi connectivity index (χ0) is 13.6. The summed E-state index contributed by atoms with van der Waals surface area (Å²) in [5.41, 5.74) is 5.73. The van der Waals surface area contributed by atoms with Gasteiger partial charge in [-0.15, -0.1) is 11.3 Å². The Labute approximate surface area is 115 Å². The molecular formula is C11H16N4O2S2. The molecule has 0 amide bonds. The van der Waals surface area contributed by atoms with E-state index >= 15 is 0 Å². The SMILES string of the molecule is CCCC1CC1NS(=O)(=O)c1c(N)nc2sccn12. The van der Waals surface area contributed by atoms with E-state index in [0.29, 0.717) is 10.9 Å². The molecule has 1 aliphatic carbocycles. The van der Waals surface area contributed by atoms with Gasteiger partial charge in [-0.2, -0.15) is 0 Å². The third kappa shape index (κ3) is 2.24. The Kier molecular flexibility index (Phi) is 3.03. The van der Waals surface area contributed by atoms with Crippen LogP contribution in [0.1, 0.15) is 26.2 Å². The lowest BCUT2D eigenvalue weighted by molar-refractivity contribution is 0.569. The van der Waals surface area contributed by atoms with Crippen LogP contribution in [0.15, 0.2) is 16.6 Å². The maximum absolute atomic E-state index is 12.4. The minimum atomic E-state index is -3.60. The molecule has 0 radical (unpaired) electrons. The summed E-state index contributed by atoms with van der Waals surface area (Å²) in [7, 11) is -3.60. The molecule has 104 valence electrons. The van der Waals surface area contributed by atoms with Gasteiger partial charge in [-0.05, 0) is 18.8 Å². The molecule has 3 rings (SSSR count). The van der Waals surface area contributed by atoms with Crippen LogP contribution < -0.4 is 10.5 Å². The zero-order valence-electron chi connectivity index (χ0n) is 10.5. The van der Waals surface area contributed by atoms with E-state index in [-0.39, 0.29) is 16.9 Å². The molecule has 8 heteroatoms. The third-order valence-corrected chi connectivity index (χ3v) is 5.67. The zero-order valence-corrected chi connectivity index (χ0v) is 12.2. The number of imidazole rings is 1. The van der Waals surface area contributed by atoms with E-state index < -0.39 is 10.0 Å². The van der Waals surface area contributed by atoms with E-state index in [2.05, 4.69) is 16.6 Å². The number of hydrogen-bond acceptors (Lipinski definition) is 5. The van der Waals surface area contributed by atoms with Crippen LogP contribution in [0.3, 0.4) is 0 Å². The fourth-order valence-corrected chi connectivity index (χ4v) is 4.69. The van der Waals surface area contributed by atoms with Crippen molar-refractivity contribution < 1.29 is 8.42 Å². The molecular weight excluding hydrogens is 284 g/mol. The fraction of sp³-hybridized carbons (Fsp3) is 0.545. The van der Waals surface area contributed by atoms with Gasteiger partial charge in [-0.3, -0.25) is 4.40 Å². The van der Waals surface area contributed by atoms with Crippen molar-refractivity contribution in [1.29, 1.82) is 0 Å². The molecule has 0 aliphatic heterocycles. The monoisotopic (exact) mass is 300 g/mol. The van der Waals surface area contributed by atoms with Gasteiger partial charge in [-0.25, -0.2) is 18.1 Å². The van der Waals surface area contributed by atoms with E-state index in [1.54, 1.807) is 11.6 Å². The van der Waals surface area contributed by atoms with Crippen molar-refractivity contribution >= 4 is 32.1 Å². The summed E-state index contributed by atoms with van der Waals surface area (Å²) in [4.78, 5) is 4.66. The number of thiazole rings is 1. The van der Waals surface area contributed by atoms with Gasteiger partial charge in [0.25, 0.3) is 10.0 Å². The summed E-state index contributed by atoms with van der Waals surface area (Å²) < 4.78 is 29.0. The van der Waals surface area contributed by atoms with E-state index in [9.17, 15) is 8.42 Å². The van der Waals surface area contributed by atoms with Crippen molar-refractivity contribution in [2.75, 3.05) is 5.73 Å². The van der Waals surface area contributed by atoms with Crippen LogP contribution >= 0.6 is 11.3 Å². The van der Waals surface area contributed by atoms with Crippen LogP contribution in [0.4, 0.5) is 5.82 Å². The van der Waals surface area contributed by atoms with Crippen LogP contribution in [-0.2, 0) is 10.0 Å². The molecule has 0 spiro atoms. The number of hydrogen-bond donors (Lipinski definition) is 2. The molecule has 3 N–H and O–H groups in total. The van der Waals surface area contributed by atoms with E-state index in [1.165, 1.54) is 15.7 Å². The molecule has 0 bridgehead atoms. The third-order valence-electron chi connectivity index (χ3n) is 3.39. The number of nitrogens with one attached hydrogen (secondary N) is 1. The highest BCUT2D eigenvalue weighted by molar-refractivity contribution is 7.89. The number of nitrogens with two attached hydrogens (primary N) is 1. The van der Waals surface area contributed by atoms with Crippen molar-refractivity contribution in [3.63, 3.8) is 0 Å². The van der Waals surface area contributed by atoms with E-state index in [4.69, 9.17) is 5.73 Å². The minimum Gasteiger partial charge on any atom is -0.381 e. The summed E-state index contributed by atoms with van der Waals surface area (Å²) in [6.07, 6.45) is 4.72. The quantitative estimate of drug-likeness (QED) is 0.874. The Morgan fingerprint density at radius 3 is 3.16 bits per heavy atom. The van der Waals surface area contributed by atoms with Gasteiger partial charge in [0.1, 0.15) is 0 Å². The Morgan fingerprint density at radius 2 is 2.42 bits per heavy atom. The summed E-state index contributed by atoms with van der Waals surface area (Å²) in [6, 6.07) is 0.0496. The van der Waals surface area contributed by atoms with Gasteiger partial charge >= 0.3 is 0 Å². The lowest BCUT2D eigenvalue weighted by atomic mass is 10.2. The van der Waals surface area contributed by atoms with Crippen molar-refractivity contribution in [2.24, 2.45) is 5.92 Å². The predicted octanol–water partition coefficient (Wildman–Crippen LogP) is 1.44. The van der Waals surface area contributed by atoms with Gasteiger partial charge in [0.2, 0.25) is 0 Å². The normalized spacial score (nSPS) is 23.0. The first-order valence-corrected chi connectivity index (χ1v) is 8.62. The van der Waals surface area contributed by atoms with Crippen LogP contribution in [0, 0.1) is 5.92 Å². The molecule has 2 unspecified atom stereocenters. The fourth-order valence-electron chi connectivity index (χ4n) is 2.39. The Morgan fingerprint density at radius 1 is 1.63 bits per heavy atom. The molecule has 0 saturated heterocycles. The highest BCUT2D eigenvalue weighted by atomic mass is 32.2. The van der Waals surface area contributed by atoms with Gasteiger partial charge in [-0.1, -0.05) is 13.3 Å². The standard InChI is InChI=1S/C11H16N4O2S2/c1-2-3-7-6-8(7)14-19(16,17)10-9(12)13-11-15(10)4-5-18-11/h4-5,7-8,14H,2-3,6,12H2,1H3. The summed E-state index contributed by atoms with van der Waals surface area (Å²) in [6.45, 7) is 2.10. The average molecular weight is 300 g/mol. The molecule has 0 aromatic carbocycles. The van der Waals surface area contributed by atoms with Crippen LogP contribution in [0.25, 0.3) is 4.96 Å². The number of nitrogens with zero attached hydrogens (tertiary/aromatic N) is 2. The lowest BCUT2D eigenvalue weighted by Gasteiger charge is -2.05. The first-order valence-electron chi connectivity index (χ1n) is 6.26. The van der Waals surface area contributed by atoms with Gasteiger partial charge < -0.3 is 5.73 Å². The molecule has 2 aromatic heterocycles. The van der Waals surface area contributed by atoms with Crippen molar-refractivity contribution in [2.45, 2.75) is 37.3 Å². The summed E-state index contributed by atoms with van der Waals surface area (Å²) in [5.74, 6) is 0.527. The van der Waals surface area contributed by atoms with Crippen molar-refractivity contribution in [1.82, 2.24) is 14.1 Å². The van der Waals surface area contributed by atoms with Gasteiger partial charge in [0, 0.05) is 17.6 Å². The number of fused-ring (bicyclic) bond motifs is 1. The van der Waals surface area contributed by atoms with Crippen LogP contribution in [0.2, 0.25) is 0 Å². The summed E-state index contributed by atoms with van der Waals surface area (Å²) in [5, 5.41) is 1.85. The second-order valence-corrected chi connectivity index (χ2v) is 7.37. The molecule has 1 saturated carbocycles. The maximum Gasteiger partial charge on any atom is 0.260 e. The molecule has 19 heavy (non-hydrogen) atoms. The van der Waals surface area contributed by atoms with Gasteiger partial charge in [0.15, 0.2) is 15.8 Å². The maximum atomic E-state index is 12.4. The Balaban J connectivity index is 1.88. The number of rotatable bonds is 5. The van der Waals surface area contributed by atoms with Crippen LogP contribution in [0.5, 0.6) is 0 Å². The summed E-state index contributed by atoms with van der Waals surface area (Å²) >= 11 is 1.36. The molecule has 1 aliphatic rings. The van der Waals surface area contributed by atoms with Crippen LogP contribution in [-0.4, -0.2) is 23.8 Å². The van der Waals surface area contributed by atoms with Crippen molar-refractivity contribution in [3.8, 4) is 0 Å². The number of anilines is 1. The molecule has 2 heterocycles.